The fourth-order valence-corrected chi connectivity index (χ4v) is 5.45. The zero-order valence-corrected chi connectivity index (χ0v) is 25.1. The molecular weight excluding hydrogens is 575 g/mol. The van der Waals surface area contributed by atoms with Crippen molar-refractivity contribution in [3.05, 3.63) is 125 Å². The Morgan fingerprint density at radius 2 is 1.48 bits per heavy atom. The van der Waals surface area contributed by atoms with Gasteiger partial charge in [0.05, 0.1) is 23.6 Å². The summed E-state index contributed by atoms with van der Waals surface area (Å²) in [4.78, 5) is 32.5. The second-order valence-corrected chi connectivity index (χ2v) is 11.7. The van der Waals surface area contributed by atoms with Crippen molar-refractivity contribution < 1.29 is 18.7 Å². The molecule has 0 saturated carbocycles. The van der Waals surface area contributed by atoms with Crippen LogP contribution in [0.1, 0.15) is 29.8 Å². The van der Waals surface area contributed by atoms with Gasteiger partial charge in [-0.3, -0.25) is 14.5 Å². The molecule has 4 aromatic carbocycles. The number of carbonyl (C=O) groups excluding carboxylic acids is 2. The molecule has 7 heteroatoms. The van der Waals surface area contributed by atoms with Gasteiger partial charge in [-0.05, 0) is 95.8 Å². The van der Waals surface area contributed by atoms with Gasteiger partial charge in [0, 0.05) is 21.7 Å². The zero-order chi connectivity index (χ0) is 30.8. The second-order valence-electron chi connectivity index (χ2n) is 11.3. The van der Waals surface area contributed by atoms with Crippen LogP contribution in [0.4, 0.5) is 10.1 Å². The van der Waals surface area contributed by atoms with E-state index in [0.29, 0.717) is 33.6 Å². The number of anilines is 1. The first-order valence-electron chi connectivity index (χ1n) is 14.5. The smallest absolute Gasteiger partial charge is 0.265 e. The third kappa shape index (κ3) is 6.41. The van der Waals surface area contributed by atoms with Crippen LogP contribution in [0.25, 0.3) is 33.6 Å². The Labute approximate surface area is 260 Å². The Bertz CT molecular complexity index is 1840. The number of nitrogens with zero attached hydrogens (tertiary/aromatic N) is 2. The number of fused-ring (bicyclic) bond motifs is 1. The van der Waals surface area contributed by atoms with Gasteiger partial charge >= 0.3 is 0 Å². The average molecular weight is 605 g/mol. The van der Waals surface area contributed by atoms with E-state index in [4.69, 9.17) is 21.3 Å². The first kappa shape index (κ1) is 29.3. The normalized spacial score (nSPS) is 12.7. The van der Waals surface area contributed by atoms with E-state index in [2.05, 4.69) is 44.2 Å². The lowest BCUT2D eigenvalue weighted by Gasteiger charge is -2.29. The fourth-order valence-electron chi connectivity index (χ4n) is 5.32. The Balaban J connectivity index is 1.40. The van der Waals surface area contributed by atoms with E-state index in [1.54, 1.807) is 6.07 Å². The van der Waals surface area contributed by atoms with Crippen molar-refractivity contribution in [2.75, 3.05) is 18.1 Å². The summed E-state index contributed by atoms with van der Waals surface area (Å²) in [6.07, 6.45) is 1.000. The van der Waals surface area contributed by atoms with Gasteiger partial charge in [0.1, 0.15) is 11.6 Å². The molecule has 5 aromatic rings. The van der Waals surface area contributed by atoms with Crippen LogP contribution >= 0.6 is 11.6 Å². The molecule has 0 bridgehead atoms. The molecule has 0 aliphatic carbocycles. The molecule has 0 unspecified atom stereocenters. The molecule has 0 atom stereocenters. The molecule has 2 heterocycles. The van der Waals surface area contributed by atoms with Crippen molar-refractivity contribution in [2.45, 2.75) is 20.3 Å². The maximum Gasteiger partial charge on any atom is 0.265 e. The minimum atomic E-state index is -0.432. The standard InChI is InChI=1S/C37H30ClFN2O3/c1-23(2)17-24-3-5-26(6-4-24)32-18-29(25-7-12-30(38)13-8-25)19-33(40-32)28-11-16-36-34(20-28)41(37(43)22-44-36)21-35(42)27-9-14-31(39)15-10-27/h3-16,18-20,23H,17,21-22H2,1-2H3. The molecule has 0 saturated heterocycles. The molecule has 5 nitrogen and oxygen atoms in total. The predicted octanol–water partition coefficient (Wildman–Crippen LogP) is 8.68. The highest BCUT2D eigenvalue weighted by Gasteiger charge is 2.28. The quantitative estimate of drug-likeness (QED) is 0.166. The van der Waals surface area contributed by atoms with Gasteiger partial charge in [-0.2, -0.15) is 0 Å². The lowest BCUT2D eigenvalue weighted by Crippen LogP contribution is -2.42. The first-order valence-corrected chi connectivity index (χ1v) is 14.8. The van der Waals surface area contributed by atoms with Crippen LogP contribution in [0.3, 0.4) is 0 Å². The number of amides is 1. The monoisotopic (exact) mass is 604 g/mol. The summed E-state index contributed by atoms with van der Waals surface area (Å²) in [5.74, 6) is -0.0182. The minimum absolute atomic E-state index is 0.176. The van der Waals surface area contributed by atoms with Crippen LogP contribution in [-0.2, 0) is 11.2 Å². The van der Waals surface area contributed by atoms with Crippen LogP contribution in [0.5, 0.6) is 5.75 Å². The Morgan fingerprint density at radius 3 is 2.16 bits per heavy atom. The molecule has 44 heavy (non-hydrogen) atoms. The van der Waals surface area contributed by atoms with Crippen molar-refractivity contribution in [3.8, 4) is 39.4 Å². The van der Waals surface area contributed by atoms with Crippen molar-refractivity contribution in [3.63, 3.8) is 0 Å². The summed E-state index contributed by atoms with van der Waals surface area (Å²) in [6.45, 7) is 4.03. The van der Waals surface area contributed by atoms with Gasteiger partial charge in [0.15, 0.2) is 12.4 Å². The second kappa shape index (κ2) is 12.4. The highest BCUT2D eigenvalue weighted by Crippen LogP contribution is 2.38. The molecule has 6 rings (SSSR count). The summed E-state index contributed by atoms with van der Waals surface area (Å²) in [6, 6.07) is 31.0. The molecule has 0 fully saturated rings. The lowest BCUT2D eigenvalue weighted by molar-refractivity contribution is -0.121. The van der Waals surface area contributed by atoms with Crippen LogP contribution < -0.4 is 9.64 Å². The molecule has 0 N–H and O–H groups in total. The summed E-state index contributed by atoms with van der Waals surface area (Å²) >= 11 is 6.18. The fraction of sp³-hybridized carbons (Fsp3) is 0.162. The van der Waals surface area contributed by atoms with E-state index >= 15 is 0 Å². The van der Waals surface area contributed by atoms with E-state index in [9.17, 15) is 14.0 Å². The molecule has 1 aliphatic rings. The molecule has 220 valence electrons. The predicted molar refractivity (Wildman–Crippen MR) is 173 cm³/mol. The van der Waals surface area contributed by atoms with E-state index < -0.39 is 5.82 Å². The topological polar surface area (TPSA) is 59.5 Å². The van der Waals surface area contributed by atoms with Crippen molar-refractivity contribution in [2.24, 2.45) is 5.92 Å². The summed E-state index contributed by atoms with van der Waals surface area (Å²) < 4.78 is 19.1. The summed E-state index contributed by atoms with van der Waals surface area (Å²) in [7, 11) is 0. The number of Topliss-reactive ketones (excluding diaryl/α,β-unsaturated/α-hetero) is 1. The maximum absolute atomic E-state index is 13.4. The number of halogens is 2. The van der Waals surface area contributed by atoms with Crippen LogP contribution in [0, 0.1) is 11.7 Å². The Kier molecular flexibility index (Phi) is 8.27. The summed E-state index contributed by atoms with van der Waals surface area (Å²) in [5.41, 5.74) is 7.26. The molecule has 1 amide bonds. The Morgan fingerprint density at radius 1 is 0.841 bits per heavy atom. The number of rotatable bonds is 8. The number of ketones is 1. The van der Waals surface area contributed by atoms with E-state index in [-0.39, 0.29) is 24.8 Å². The number of pyridine rings is 1. The Hall–Kier alpha value is -4.81. The first-order chi connectivity index (χ1) is 21.2. The van der Waals surface area contributed by atoms with Crippen LogP contribution in [0.2, 0.25) is 5.02 Å². The zero-order valence-electron chi connectivity index (χ0n) is 24.4. The summed E-state index contributed by atoms with van der Waals surface area (Å²) in [5, 5.41) is 0.652. The third-order valence-electron chi connectivity index (χ3n) is 7.56. The highest BCUT2D eigenvalue weighted by atomic mass is 35.5. The molecule has 1 aromatic heterocycles. The maximum atomic E-state index is 13.4. The van der Waals surface area contributed by atoms with E-state index in [1.165, 1.54) is 34.7 Å². The van der Waals surface area contributed by atoms with Crippen LogP contribution in [0.15, 0.2) is 103 Å². The lowest BCUT2D eigenvalue weighted by atomic mass is 9.98. The number of ether oxygens (including phenoxy) is 1. The SMILES string of the molecule is CC(C)Cc1ccc(-c2cc(-c3ccc(Cl)cc3)cc(-c3ccc4c(c3)N(CC(=O)c3ccc(F)cc3)C(=O)CO4)n2)cc1. The van der Waals surface area contributed by atoms with Gasteiger partial charge in [0.2, 0.25) is 0 Å². The molecule has 1 aliphatic heterocycles. The average Bonchev–Trinajstić information content (AvgIpc) is 3.02. The van der Waals surface area contributed by atoms with Gasteiger partial charge in [-0.15, -0.1) is 0 Å². The van der Waals surface area contributed by atoms with Crippen molar-refractivity contribution in [1.29, 1.82) is 0 Å². The molecule has 0 spiro atoms. The minimum Gasteiger partial charge on any atom is -0.482 e. The van der Waals surface area contributed by atoms with Crippen molar-refractivity contribution in [1.82, 2.24) is 4.98 Å². The number of hydrogen-bond donors (Lipinski definition) is 0. The number of carbonyl (C=O) groups is 2. The van der Waals surface area contributed by atoms with Gasteiger partial charge in [-0.25, -0.2) is 9.37 Å². The highest BCUT2D eigenvalue weighted by molar-refractivity contribution is 6.30. The largest absolute Gasteiger partial charge is 0.482 e. The molecular formula is C37H30ClFN2O3. The number of hydrogen-bond acceptors (Lipinski definition) is 4. The molecule has 0 radical (unpaired) electrons. The van der Waals surface area contributed by atoms with Crippen LogP contribution in [-0.4, -0.2) is 29.8 Å². The van der Waals surface area contributed by atoms with Gasteiger partial charge in [0.25, 0.3) is 5.91 Å². The third-order valence-corrected chi connectivity index (χ3v) is 7.81. The van der Waals surface area contributed by atoms with Gasteiger partial charge < -0.3 is 4.74 Å². The van der Waals surface area contributed by atoms with E-state index in [1.807, 2.05) is 42.5 Å². The number of aromatic nitrogens is 1. The number of benzene rings is 4. The van der Waals surface area contributed by atoms with Crippen molar-refractivity contribution >= 4 is 29.0 Å². The van der Waals surface area contributed by atoms with E-state index in [0.717, 1.165) is 34.4 Å². The van der Waals surface area contributed by atoms with Gasteiger partial charge in [-0.1, -0.05) is 61.8 Å².